The van der Waals surface area contributed by atoms with Gasteiger partial charge in [0, 0.05) is 30.2 Å². The van der Waals surface area contributed by atoms with E-state index in [-0.39, 0.29) is 11.9 Å². The summed E-state index contributed by atoms with van der Waals surface area (Å²) in [6.45, 7) is 0.511. The van der Waals surface area contributed by atoms with Crippen LogP contribution in [-0.4, -0.2) is 33.4 Å². The molecule has 0 aliphatic carbocycles. The first-order valence-electron chi connectivity index (χ1n) is 7.61. The molecule has 1 aliphatic rings. The Morgan fingerprint density at radius 1 is 1.39 bits per heavy atom. The Hall–Kier alpha value is -2.21. The molecule has 1 aliphatic heterocycles. The van der Waals surface area contributed by atoms with E-state index in [0.717, 1.165) is 10.4 Å². The lowest BCUT2D eigenvalue weighted by Crippen LogP contribution is -2.45. The molecular formula is C17H18N2O3S. The third-order valence-electron chi connectivity index (χ3n) is 4.22. The second-order valence-electron chi connectivity index (χ2n) is 5.64. The van der Waals surface area contributed by atoms with Gasteiger partial charge in [-0.15, -0.1) is 11.3 Å². The molecule has 6 heteroatoms. The molecular weight excluding hydrogens is 312 g/mol. The van der Waals surface area contributed by atoms with Crippen molar-refractivity contribution >= 4 is 23.2 Å². The summed E-state index contributed by atoms with van der Waals surface area (Å²) in [5.41, 5.74) is 1.04. The van der Waals surface area contributed by atoms with E-state index in [9.17, 15) is 14.7 Å². The topological polar surface area (TPSA) is 70.5 Å². The molecule has 3 rings (SSSR count). The highest BCUT2D eigenvalue weighted by atomic mass is 32.1. The first-order chi connectivity index (χ1) is 11.2. The monoisotopic (exact) mass is 330 g/mol. The number of nitrogens with zero attached hydrogens (tertiary/aromatic N) is 2. The lowest BCUT2D eigenvalue weighted by molar-refractivity contribution is -0.151. The second kappa shape index (κ2) is 6.91. The van der Waals surface area contributed by atoms with Crippen LogP contribution in [0.5, 0.6) is 0 Å². The summed E-state index contributed by atoms with van der Waals surface area (Å²) in [7, 11) is 0. The Kier molecular flexibility index (Phi) is 4.71. The van der Waals surface area contributed by atoms with Crippen molar-refractivity contribution in [2.75, 3.05) is 6.54 Å². The number of aromatic nitrogens is 1. The average molecular weight is 330 g/mol. The largest absolute Gasteiger partial charge is 0.481 e. The highest BCUT2D eigenvalue weighted by Gasteiger charge is 2.40. The van der Waals surface area contributed by atoms with Crippen molar-refractivity contribution in [1.82, 2.24) is 9.88 Å². The third kappa shape index (κ3) is 3.42. The highest BCUT2D eigenvalue weighted by molar-refractivity contribution is 7.10. The van der Waals surface area contributed by atoms with E-state index in [1.807, 2.05) is 29.6 Å². The van der Waals surface area contributed by atoms with Crippen LogP contribution in [0.1, 0.15) is 29.3 Å². The van der Waals surface area contributed by atoms with Crippen molar-refractivity contribution in [3.05, 3.63) is 52.5 Å². The first kappa shape index (κ1) is 15.7. The fraction of sp³-hybridized carbons (Fsp3) is 0.353. The van der Waals surface area contributed by atoms with Crippen LogP contribution in [0.3, 0.4) is 0 Å². The molecule has 0 radical (unpaired) electrons. The number of hydrogen-bond donors (Lipinski definition) is 1. The smallest absolute Gasteiger partial charge is 0.308 e. The van der Waals surface area contributed by atoms with Gasteiger partial charge < -0.3 is 10.0 Å². The highest BCUT2D eigenvalue weighted by Crippen LogP contribution is 2.38. The molecule has 2 atom stereocenters. The summed E-state index contributed by atoms with van der Waals surface area (Å²) in [5.74, 6) is -1.34. The Bertz CT molecular complexity index is 672. The van der Waals surface area contributed by atoms with E-state index < -0.39 is 11.9 Å². The molecule has 2 aromatic rings. The van der Waals surface area contributed by atoms with E-state index in [2.05, 4.69) is 4.98 Å². The summed E-state index contributed by atoms with van der Waals surface area (Å²) in [5, 5.41) is 11.5. The van der Waals surface area contributed by atoms with Crippen LogP contribution in [0.25, 0.3) is 0 Å². The van der Waals surface area contributed by atoms with Crippen molar-refractivity contribution in [2.24, 2.45) is 5.92 Å². The maximum atomic E-state index is 12.4. The van der Waals surface area contributed by atoms with Crippen LogP contribution in [-0.2, 0) is 16.0 Å². The predicted molar refractivity (Wildman–Crippen MR) is 87.1 cm³/mol. The van der Waals surface area contributed by atoms with E-state index in [1.165, 1.54) is 11.3 Å². The standard InChI is InChI=1S/C17H18N2O3S/c20-15-6-5-13(17(21)22)16(14-4-2-10-23-14)19(15)9-7-12-3-1-8-18-11-12/h1-4,8,10-11,13,16H,5-7,9H2,(H,21,22)/t13-,16+/m1/s1. The Labute approximate surface area is 138 Å². The number of hydrogen-bond acceptors (Lipinski definition) is 4. The molecule has 1 N–H and O–H groups in total. The van der Waals surface area contributed by atoms with Crippen LogP contribution in [0.2, 0.25) is 0 Å². The maximum Gasteiger partial charge on any atom is 0.308 e. The number of amides is 1. The van der Waals surface area contributed by atoms with Crippen molar-refractivity contribution in [3.63, 3.8) is 0 Å². The van der Waals surface area contributed by atoms with Gasteiger partial charge in [-0.05, 0) is 35.9 Å². The zero-order valence-corrected chi connectivity index (χ0v) is 13.4. The molecule has 1 saturated heterocycles. The summed E-state index contributed by atoms with van der Waals surface area (Å²) in [4.78, 5) is 30.8. The lowest BCUT2D eigenvalue weighted by Gasteiger charge is -2.39. The molecule has 0 saturated carbocycles. The minimum Gasteiger partial charge on any atom is -0.481 e. The average Bonchev–Trinajstić information content (AvgIpc) is 3.08. The number of aliphatic carboxylic acids is 1. The maximum absolute atomic E-state index is 12.4. The minimum atomic E-state index is -0.831. The van der Waals surface area contributed by atoms with Gasteiger partial charge in [0.1, 0.15) is 0 Å². The number of carboxylic acid groups (broad SMARTS) is 1. The molecule has 0 spiro atoms. The van der Waals surface area contributed by atoms with E-state index in [1.54, 1.807) is 17.3 Å². The van der Waals surface area contributed by atoms with Gasteiger partial charge in [-0.25, -0.2) is 0 Å². The number of carbonyl (C=O) groups excluding carboxylic acids is 1. The van der Waals surface area contributed by atoms with Crippen LogP contribution in [0.15, 0.2) is 42.0 Å². The summed E-state index contributed by atoms with van der Waals surface area (Å²) < 4.78 is 0. The minimum absolute atomic E-state index is 0.0322. The molecule has 5 nitrogen and oxygen atoms in total. The molecule has 120 valence electrons. The van der Waals surface area contributed by atoms with Crippen LogP contribution >= 0.6 is 11.3 Å². The number of rotatable bonds is 5. The Morgan fingerprint density at radius 2 is 2.26 bits per heavy atom. The van der Waals surface area contributed by atoms with Gasteiger partial charge in [-0.1, -0.05) is 12.1 Å². The molecule has 3 heterocycles. The molecule has 0 aromatic carbocycles. The first-order valence-corrected chi connectivity index (χ1v) is 8.49. The van der Waals surface area contributed by atoms with Gasteiger partial charge in [0.05, 0.1) is 12.0 Å². The van der Waals surface area contributed by atoms with E-state index in [0.29, 0.717) is 25.8 Å². The number of likely N-dealkylation sites (tertiary alicyclic amines) is 1. The van der Waals surface area contributed by atoms with E-state index >= 15 is 0 Å². The molecule has 0 bridgehead atoms. The predicted octanol–water partition coefficient (Wildman–Crippen LogP) is 2.75. The fourth-order valence-electron chi connectivity index (χ4n) is 3.08. The normalized spacial score (nSPS) is 21.4. The molecule has 0 unspecified atom stereocenters. The number of piperidine rings is 1. The van der Waals surface area contributed by atoms with E-state index in [4.69, 9.17) is 0 Å². The van der Waals surface area contributed by atoms with Crippen LogP contribution in [0, 0.1) is 5.92 Å². The zero-order valence-electron chi connectivity index (χ0n) is 12.6. The number of pyridine rings is 1. The van der Waals surface area contributed by atoms with Crippen LogP contribution in [0.4, 0.5) is 0 Å². The molecule has 1 fully saturated rings. The second-order valence-corrected chi connectivity index (χ2v) is 6.62. The molecule has 1 amide bonds. The molecule has 2 aromatic heterocycles. The SMILES string of the molecule is O=C(O)[C@@H]1CCC(=O)N(CCc2cccnc2)[C@@H]1c1cccs1. The van der Waals surface area contributed by atoms with Gasteiger partial charge in [-0.2, -0.15) is 0 Å². The summed E-state index contributed by atoms with van der Waals surface area (Å²) in [6, 6.07) is 7.28. The summed E-state index contributed by atoms with van der Waals surface area (Å²) >= 11 is 1.51. The van der Waals surface area contributed by atoms with Gasteiger partial charge >= 0.3 is 5.97 Å². The Morgan fingerprint density at radius 3 is 2.91 bits per heavy atom. The Balaban J connectivity index is 1.84. The number of carbonyl (C=O) groups is 2. The van der Waals surface area contributed by atoms with Crippen molar-refractivity contribution in [1.29, 1.82) is 0 Å². The van der Waals surface area contributed by atoms with Gasteiger partial charge in [-0.3, -0.25) is 14.6 Å². The lowest BCUT2D eigenvalue weighted by atomic mass is 9.87. The molecule has 23 heavy (non-hydrogen) atoms. The van der Waals surface area contributed by atoms with Crippen molar-refractivity contribution in [2.45, 2.75) is 25.3 Å². The third-order valence-corrected chi connectivity index (χ3v) is 5.17. The van der Waals surface area contributed by atoms with Gasteiger partial charge in [0.15, 0.2) is 0 Å². The van der Waals surface area contributed by atoms with Crippen LogP contribution < -0.4 is 0 Å². The quantitative estimate of drug-likeness (QED) is 0.915. The van der Waals surface area contributed by atoms with Crippen molar-refractivity contribution in [3.8, 4) is 0 Å². The zero-order chi connectivity index (χ0) is 16.2. The number of thiophene rings is 1. The van der Waals surface area contributed by atoms with Crippen molar-refractivity contribution < 1.29 is 14.7 Å². The van der Waals surface area contributed by atoms with Gasteiger partial charge in [0.2, 0.25) is 5.91 Å². The summed E-state index contributed by atoms with van der Waals surface area (Å²) in [6.07, 6.45) is 4.87. The van der Waals surface area contributed by atoms with Gasteiger partial charge in [0.25, 0.3) is 0 Å². The fourth-order valence-corrected chi connectivity index (χ4v) is 3.98. The number of carboxylic acids is 1.